The van der Waals surface area contributed by atoms with Gasteiger partial charge in [-0.15, -0.1) is 0 Å². The lowest BCUT2D eigenvalue weighted by Crippen LogP contribution is -1.83. The maximum absolute atomic E-state index is 9.08. The number of carbonyl (C=O) groups is 1. The van der Waals surface area contributed by atoms with E-state index >= 15 is 0 Å². The van der Waals surface area contributed by atoms with Crippen molar-refractivity contribution in [1.82, 2.24) is 0 Å². The molecule has 6 heavy (non-hydrogen) atoms. The van der Waals surface area contributed by atoms with Gasteiger partial charge in [-0.25, -0.2) is 0 Å². The molecule has 0 radical (unpaired) electrons. The normalized spacial score (nSPS) is 7.50. The summed E-state index contributed by atoms with van der Waals surface area (Å²) < 4.78 is 3.30. The second kappa shape index (κ2) is 4.68. The highest BCUT2D eigenvalue weighted by molar-refractivity contribution is 6.06. The molecule has 0 saturated heterocycles. The fourth-order valence-corrected chi connectivity index (χ4v) is 0.0606. The summed E-state index contributed by atoms with van der Waals surface area (Å²) in [5, 5.41) is 3.38. The molecule has 0 rings (SSSR count). The van der Waals surface area contributed by atoms with Crippen LogP contribution in [0.2, 0.25) is 0 Å². The van der Waals surface area contributed by atoms with Crippen molar-refractivity contribution in [2.45, 2.75) is 0 Å². The Morgan fingerprint density at radius 3 is 2.50 bits per heavy atom. The van der Waals surface area contributed by atoms with Gasteiger partial charge < -0.3 is 0 Å². The first-order chi connectivity index (χ1) is 2.91. The summed E-state index contributed by atoms with van der Waals surface area (Å²) in [5.74, 6) is 0. The molecule has 0 N–H and O–H groups in total. The number of halogens is 1. The van der Waals surface area contributed by atoms with Crippen LogP contribution in [0.5, 0.6) is 0 Å². The molecule has 0 spiro atoms. The van der Waals surface area contributed by atoms with Crippen LogP contribution in [0.25, 0.3) is 0 Å². The van der Waals surface area contributed by atoms with E-state index in [1.807, 2.05) is 0 Å². The summed E-state index contributed by atoms with van der Waals surface area (Å²) in [6.07, 6.45) is 0. The lowest BCUT2D eigenvalue weighted by molar-refractivity contribution is -0.431. The van der Waals surface area contributed by atoms with Gasteiger partial charge in [-0.1, -0.05) is 4.44 Å². The van der Waals surface area contributed by atoms with Crippen LogP contribution in [0, 0.1) is 0 Å². The molecule has 0 unspecified atom stereocenters. The van der Waals surface area contributed by atoms with E-state index in [1.54, 1.807) is 0 Å². The molecule has 0 aromatic rings. The third kappa shape index (κ3) is 3.68. The Labute approximate surface area is 38.6 Å². The van der Waals surface area contributed by atoms with Crippen molar-refractivity contribution in [3.63, 3.8) is 0 Å². The third-order valence-corrected chi connectivity index (χ3v) is 0.156. The zero-order chi connectivity index (χ0) is 4.83. The Balaban J connectivity index is 2.49. The average molecular weight is 112 g/mol. The predicted molar refractivity (Wildman–Crippen MR) is 15.2 cm³/mol. The Morgan fingerprint density at radius 2 is 2.33 bits per heavy atom. The van der Waals surface area contributed by atoms with E-state index in [0.717, 1.165) is 0 Å². The average Bonchev–Trinajstić information content (AvgIpc) is 1.61. The standard InChI is InChI=1S/CHClO4/c2-5-6-4-1-3/h1H. The van der Waals surface area contributed by atoms with Crippen molar-refractivity contribution in [1.29, 1.82) is 0 Å². The minimum absolute atomic E-state index is 0.0301. The number of hydrogen-bond acceptors (Lipinski definition) is 4. The first-order valence-corrected chi connectivity index (χ1v) is 1.27. The van der Waals surface area contributed by atoms with Crippen molar-refractivity contribution in [2.24, 2.45) is 0 Å². The molecule has 0 aliphatic rings. The van der Waals surface area contributed by atoms with Crippen LogP contribution in [-0.4, -0.2) is 6.47 Å². The molecule has 0 aromatic carbocycles. The lowest BCUT2D eigenvalue weighted by atomic mass is 11.7. The predicted octanol–water partition coefficient (Wildman–Crippen LogP) is 0.176. The number of hydrogen-bond donors (Lipinski definition) is 0. The maximum atomic E-state index is 9.08. The van der Waals surface area contributed by atoms with Crippen LogP contribution in [0.15, 0.2) is 0 Å². The van der Waals surface area contributed by atoms with Crippen molar-refractivity contribution in [3.8, 4) is 0 Å². The van der Waals surface area contributed by atoms with Crippen LogP contribution in [0.4, 0.5) is 0 Å². The van der Waals surface area contributed by atoms with Gasteiger partial charge in [0.05, 0.1) is 0 Å². The van der Waals surface area contributed by atoms with Crippen LogP contribution >= 0.6 is 11.9 Å². The van der Waals surface area contributed by atoms with E-state index in [0.29, 0.717) is 0 Å². The van der Waals surface area contributed by atoms with Crippen molar-refractivity contribution in [2.75, 3.05) is 0 Å². The van der Waals surface area contributed by atoms with Gasteiger partial charge in [0.25, 0.3) is 0 Å². The molecule has 4 nitrogen and oxygen atoms in total. The van der Waals surface area contributed by atoms with Gasteiger partial charge in [-0.3, -0.25) is 9.68 Å². The SMILES string of the molecule is O=COOOCl. The molecule has 5 heteroatoms. The molecular formula is CHClO4. The Bertz CT molecular complexity index is 36.5. The highest BCUT2D eigenvalue weighted by Crippen LogP contribution is 1.78. The summed E-state index contributed by atoms with van der Waals surface area (Å²) in [5.41, 5.74) is 0. The fourth-order valence-electron chi connectivity index (χ4n) is 0.0309. The van der Waals surface area contributed by atoms with E-state index in [4.69, 9.17) is 4.79 Å². The molecular weight excluding hydrogens is 111 g/mol. The summed E-state index contributed by atoms with van der Waals surface area (Å²) in [7, 11) is 0. The smallest absolute Gasteiger partial charge is 0.271 e. The molecule has 0 aromatic heterocycles. The number of carbonyl (C=O) groups excluding carboxylic acids is 1. The summed E-state index contributed by atoms with van der Waals surface area (Å²) in [6.45, 7) is 0.0301. The molecule has 0 aliphatic carbocycles. The van der Waals surface area contributed by atoms with Crippen LogP contribution < -0.4 is 0 Å². The van der Waals surface area contributed by atoms with Gasteiger partial charge in [0, 0.05) is 5.04 Å². The van der Waals surface area contributed by atoms with Crippen molar-refractivity contribution >= 4 is 18.3 Å². The lowest BCUT2D eigenvalue weighted by Gasteiger charge is -1.82. The largest absolute Gasteiger partial charge is 0.334 e. The molecule has 0 heterocycles. The number of rotatable bonds is 3. The second-order valence-electron chi connectivity index (χ2n) is 0.323. The Kier molecular flexibility index (Phi) is 4.43. The molecule has 0 aliphatic heterocycles. The van der Waals surface area contributed by atoms with E-state index in [1.165, 1.54) is 0 Å². The van der Waals surface area contributed by atoms with E-state index in [-0.39, 0.29) is 6.47 Å². The summed E-state index contributed by atoms with van der Waals surface area (Å²) >= 11 is 4.37. The maximum Gasteiger partial charge on any atom is 0.334 e. The minimum atomic E-state index is 0.0301. The van der Waals surface area contributed by atoms with E-state index < -0.39 is 0 Å². The first-order valence-electron chi connectivity index (χ1n) is 0.959. The quantitative estimate of drug-likeness (QED) is 0.226. The van der Waals surface area contributed by atoms with E-state index in [9.17, 15) is 0 Å². The highest BCUT2D eigenvalue weighted by Gasteiger charge is 1.73. The molecule has 0 bridgehead atoms. The monoisotopic (exact) mass is 112 g/mol. The van der Waals surface area contributed by atoms with Crippen molar-refractivity contribution in [3.05, 3.63) is 0 Å². The second-order valence-corrected chi connectivity index (χ2v) is 0.449. The van der Waals surface area contributed by atoms with Gasteiger partial charge in [0.15, 0.2) is 0 Å². The third-order valence-electron chi connectivity index (χ3n) is 0.104. The van der Waals surface area contributed by atoms with Gasteiger partial charge in [-0.2, -0.15) is 0 Å². The molecule has 0 saturated carbocycles. The first kappa shape index (κ1) is 5.68. The van der Waals surface area contributed by atoms with Crippen LogP contribution in [-0.2, 0) is 19.2 Å². The Hall–Kier alpha value is -0.320. The van der Waals surface area contributed by atoms with Crippen LogP contribution in [0.1, 0.15) is 0 Å². The van der Waals surface area contributed by atoms with Crippen molar-refractivity contribution < 1.29 is 19.2 Å². The zero-order valence-electron chi connectivity index (χ0n) is 2.59. The molecule has 0 amide bonds. The minimum Gasteiger partial charge on any atom is -0.271 e. The highest BCUT2D eigenvalue weighted by atomic mass is 35.5. The molecule has 0 fully saturated rings. The summed E-state index contributed by atoms with van der Waals surface area (Å²) in [4.78, 5) is 12.5. The fraction of sp³-hybridized carbons (Fsp3) is 0. The molecule has 36 valence electrons. The van der Waals surface area contributed by atoms with Crippen LogP contribution in [0.3, 0.4) is 0 Å². The molecule has 0 atom stereocenters. The van der Waals surface area contributed by atoms with Gasteiger partial charge in [-0.05, 0) is 0 Å². The van der Waals surface area contributed by atoms with E-state index in [2.05, 4.69) is 26.2 Å². The van der Waals surface area contributed by atoms with Gasteiger partial charge in [0.2, 0.25) is 0 Å². The Morgan fingerprint density at radius 1 is 1.67 bits per heavy atom. The van der Waals surface area contributed by atoms with Gasteiger partial charge >= 0.3 is 6.47 Å². The summed E-state index contributed by atoms with van der Waals surface area (Å²) in [6, 6.07) is 0. The zero-order valence-corrected chi connectivity index (χ0v) is 3.34. The topological polar surface area (TPSA) is 44.8 Å². The van der Waals surface area contributed by atoms with Gasteiger partial charge in [0.1, 0.15) is 11.9 Å².